The lowest BCUT2D eigenvalue weighted by molar-refractivity contribution is 0.234. The van der Waals surface area contributed by atoms with Crippen LogP contribution in [0.25, 0.3) is 0 Å². The lowest BCUT2D eigenvalue weighted by Gasteiger charge is -2.29. The van der Waals surface area contributed by atoms with E-state index in [0.29, 0.717) is 0 Å². The van der Waals surface area contributed by atoms with Crippen LogP contribution in [-0.4, -0.2) is 30.6 Å². The van der Waals surface area contributed by atoms with Crippen molar-refractivity contribution >= 4 is 0 Å². The van der Waals surface area contributed by atoms with Gasteiger partial charge in [0, 0.05) is 25.7 Å². The minimum atomic E-state index is 0.856. The minimum absolute atomic E-state index is 0.856. The molecule has 2 fully saturated rings. The molecular weight excluding hydrogens is 112 g/mol. The van der Waals surface area contributed by atoms with E-state index in [1.165, 1.54) is 25.9 Å². The Morgan fingerprint density at radius 2 is 2.56 bits per heavy atom. The Bertz CT molecular complexity index is 91.1. The van der Waals surface area contributed by atoms with E-state index in [0.717, 1.165) is 12.6 Å². The number of rotatable bonds is 0. The van der Waals surface area contributed by atoms with Gasteiger partial charge in [-0.05, 0) is 19.4 Å². The maximum Gasteiger partial charge on any atom is 0.0362 e. The molecule has 1 atom stereocenters. The number of nitrogens with one attached hydrogen (secondary N) is 1. The second-order valence-corrected chi connectivity index (χ2v) is 2.90. The lowest BCUT2D eigenvalue weighted by Crippen LogP contribution is -2.44. The third-order valence-electron chi connectivity index (χ3n) is 2.32. The monoisotopic (exact) mass is 125 g/mol. The molecule has 0 saturated carbocycles. The molecule has 2 aliphatic heterocycles. The highest BCUT2D eigenvalue weighted by molar-refractivity contribution is 4.89. The molecule has 9 heavy (non-hydrogen) atoms. The quantitative estimate of drug-likeness (QED) is 0.498. The fourth-order valence-electron chi connectivity index (χ4n) is 1.77. The first-order valence-electron chi connectivity index (χ1n) is 3.76. The Balaban J connectivity index is 1.97. The summed E-state index contributed by atoms with van der Waals surface area (Å²) in [6.07, 6.45) is 2.81. The van der Waals surface area contributed by atoms with Crippen LogP contribution < -0.4 is 5.32 Å². The third kappa shape index (κ3) is 0.970. The van der Waals surface area contributed by atoms with Crippen molar-refractivity contribution in [2.75, 3.05) is 19.6 Å². The van der Waals surface area contributed by atoms with Crippen molar-refractivity contribution in [3.63, 3.8) is 0 Å². The molecular formula is C7H13N2. The van der Waals surface area contributed by atoms with Crippen LogP contribution in [0.5, 0.6) is 0 Å². The number of piperazine rings is 1. The second-order valence-electron chi connectivity index (χ2n) is 2.90. The third-order valence-corrected chi connectivity index (χ3v) is 2.32. The Morgan fingerprint density at radius 1 is 1.56 bits per heavy atom. The zero-order valence-corrected chi connectivity index (χ0v) is 5.64. The highest BCUT2D eigenvalue weighted by Gasteiger charge is 2.26. The maximum atomic E-state index is 3.29. The van der Waals surface area contributed by atoms with Crippen LogP contribution in [0.15, 0.2) is 0 Å². The van der Waals surface area contributed by atoms with E-state index >= 15 is 0 Å². The number of fused-ring (bicyclic) bond motifs is 1. The van der Waals surface area contributed by atoms with Crippen molar-refractivity contribution in [3.8, 4) is 0 Å². The van der Waals surface area contributed by atoms with Crippen LogP contribution >= 0.6 is 0 Å². The van der Waals surface area contributed by atoms with Gasteiger partial charge in [-0.2, -0.15) is 0 Å². The molecule has 51 valence electrons. The summed E-state index contributed by atoms with van der Waals surface area (Å²) in [5.74, 6) is 0. The van der Waals surface area contributed by atoms with Gasteiger partial charge in [0.15, 0.2) is 0 Å². The zero-order valence-electron chi connectivity index (χ0n) is 5.64. The highest BCUT2D eigenvalue weighted by atomic mass is 15.2. The molecule has 2 nitrogen and oxygen atoms in total. The van der Waals surface area contributed by atoms with Crippen LogP contribution in [-0.2, 0) is 0 Å². The summed E-state index contributed by atoms with van der Waals surface area (Å²) in [7, 11) is 0. The van der Waals surface area contributed by atoms with Crippen LogP contribution in [0, 0.1) is 6.54 Å². The van der Waals surface area contributed by atoms with Crippen molar-refractivity contribution in [3.05, 3.63) is 6.54 Å². The van der Waals surface area contributed by atoms with E-state index in [9.17, 15) is 0 Å². The molecule has 0 aromatic rings. The largest absolute Gasteiger partial charge is 0.310 e. The summed E-state index contributed by atoms with van der Waals surface area (Å²) in [4.78, 5) is 2.55. The first-order chi connectivity index (χ1) is 4.47. The molecule has 0 aromatic carbocycles. The summed E-state index contributed by atoms with van der Waals surface area (Å²) < 4.78 is 0. The van der Waals surface area contributed by atoms with Crippen molar-refractivity contribution < 1.29 is 0 Å². The zero-order chi connectivity index (χ0) is 6.10. The topological polar surface area (TPSA) is 15.3 Å². The smallest absolute Gasteiger partial charge is 0.0362 e. The Hall–Kier alpha value is -0.0800. The molecule has 0 aromatic heterocycles. The summed E-state index contributed by atoms with van der Waals surface area (Å²) in [6, 6.07) is 0.856. The van der Waals surface area contributed by atoms with Crippen LogP contribution in [0.4, 0.5) is 0 Å². The first-order valence-corrected chi connectivity index (χ1v) is 3.76. The average molecular weight is 125 g/mol. The highest BCUT2D eigenvalue weighted by Crippen LogP contribution is 2.18. The lowest BCUT2D eigenvalue weighted by atomic mass is 10.2. The molecule has 2 rings (SSSR count). The predicted molar refractivity (Wildman–Crippen MR) is 36.9 cm³/mol. The molecule has 0 bridgehead atoms. The summed E-state index contributed by atoms with van der Waals surface area (Å²) in [5.41, 5.74) is 0. The summed E-state index contributed by atoms with van der Waals surface area (Å²) in [6.45, 7) is 5.83. The number of nitrogens with zero attached hydrogens (tertiary/aromatic N) is 1. The van der Waals surface area contributed by atoms with E-state index in [1.807, 2.05) is 0 Å². The van der Waals surface area contributed by atoms with Gasteiger partial charge < -0.3 is 5.32 Å². The van der Waals surface area contributed by atoms with Gasteiger partial charge in [-0.15, -0.1) is 0 Å². The Labute approximate surface area is 56.2 Å². The second kappa shape index (κ2) is 2.27. The minimum Gasteiger partial charge on any atom is -0.310 e. The van der Waals surface area contributed by atoms with Crippen LogP contribution in [0.1, 0.15) is 12.8 Å². The molecule has 1 N–H and O–H groups in total. The van der Waals surface area contributed by atoms with E-state index in [4.69, 9.17) is 0 Å². The van der Waals surface area contributed by atoms with E-state index < -0.39 is 0 Å². The van der Waals surface area contributed by atoms with Gasteiger partial charge in [0.05, 0.1) is 0 Å². The van der Waals surface area contributed by atoms with Crippen LogP contribution in [0.3, 0.4) is 0 Å². The summed E-state index contributed by atoms with van der Waals surface area (Å²) >= 11 is 0. The normalized spacial score (nSPS) is 36.7. The van der Waals surface area contributed by atoms with Gasteiger partial charge in [-0.3, -0.25) is 4.90 Å². The standard InChI is InChI=1S/C7H13N2/c1-2-7-6-8-3-5-9(7)4-1/h3,7-8H,1-2,4-6H2. The Morgan fingerprint density at radius 3 is 3.44 bits per heavy atom. The van der Waals surface area contributed by atoms with Gasteiger partial charge in [0.1, 0.15) is 0 Å². The predicted octanol–water partition coefficient (Wildman–Crippen LogP) is 0.216. The number of hydrogen-bond donors (Lipinski definition) is 1. The van der Waals surface area contributed by atoms with E-state index in [1.54, 1.807) is 0 Å². The van der Waals surface area contributed by atoms with E-state index in [-0.39, 0.29) is 0 Å². The molecule has 0 spiro atoms. The molecule has 1 radical (unpaired) electrons. The van der Waals surface area contributed by atoms with Gasteiger partial charge in [-0.1, -0.05) is 0 Å². The van der Waals surface area contributed by atoms with Gasteiger partial charge >= 0.3 is 0 Å². The number of hydrogen-bond acceptors (Lipinski definition) is 2. The van der Waals surface area contributed by atoms with Gasteiger partial charge in [0.2, 0.25) is 0 Å². The molecule has 1 unspecified atom stereocenters. The van der Waals surface area contributed by atoms with Crippen molar-refractivity contribution in [2.45, 2.75) is 18.9 Å². The molecule has 2 heterocycles. The van der Waals surface area contributed by atoms with E-state index in [2.05, 4.69) is 16.8 Å². The fraction of sp³-hybridized carbons (Fsp3) is 0.857. The van der Waals surface area contributed by atoms with Crippen LogP contribution in [0.2, 0.25) is 0 Å². The molecule has 2 aliphatic rings. The molecule has 2 saturated heterocycles. The first kappa shape index (κ1) is 5.69. The van der Waals surface area contributed by atoms with Crippen molar-refractivity contribution in [1.82, 2.24) is 10.2 Å². The average Bonchev–Trinajstić information content (AvgIpc) is 2.33. The maximum absolute atomic E-state index is 3.29. The molecule has 2 heteroatoms. The summed E-state index contributed by atoms with van der Waals surface area (Å²) in [5, 5.41) is 3.29. The fourth-order valence-corrected chi connectivity index (χ4v) is 1.77. The Kier molecular flexibility index (Phi) is 1.44. The molecule has 0 amide bonds. The van der Waals surface area contributed by atoms with Crippen molar-refractivity contribution in [2.24, 2.45) is 0 Å². The molecule has 0 aliphatic carbocycles. The van der Waals surface area contributed by atoms with Gasteiger partial charge in [-0.25, -0.2) is 0 Å². The van der Waals surface area contributed by atoms with Gasteiger partial charge in [0.25, 0.3) is 0 Å². The SMILES string of the molecule is [CH]1CN2CCCC2CN1. The van der Waals surface area contributed by atoms with Crippen molar-refractivity contribution in [1.29, 1.82) is 0 Å².